The minimum absolute atomic E-state index is 0.0685. The normalized spacial score (nSPS) is 23.4. The molecule has 4 nitrogen and oxygen atoms in total. The van der Waals surface area contributed by atoms with Crippen LogP contribution in [0.1, 0.15) is 27.2 Å². The highest BCUT2D eigenvalue weighted by Crippen LogP contribution is 2.39. The van der Waals surface area contributed by atoms with Crippen molar-refractivity contribution in [1.82, 2.24) is 10.2 Å². The second kappa shape index (κ2) is 5.14. The van der Waals surface area contributed by atoms with Crippen LogP contribution in [0.5, 0.6) is 0 Å². The Morgan fingerprint density at radius 3 is 2.40 bits per heavy atom. The van der Waals surface area contributed by atoms with E-state index < -0.39 is 0 Å². The van der Waals surface area contributed by atoms with Crippen LogP contribution in [0.2, 0.25) is 0 Å². The maximum absolute atomic E-state index is 11.8. The Morgan fingerprint density at radius 1 is 1.40 bits per heavy atom. The van der Waals surface area contributed by atoms with Crippen molar-refractivity contribution in [2.45, 2.75) is 27.2 Å². The van der Waals surface area contributed by atoms with E-state index in [9.17, 15) is 9.59 Å². The van der Waals surface area contributed by atoms with Crippen LogP contribution in [-0.2, 0) is 9.59 Å². The highest BCUT2D eigenvalue weighted by atomic mass is 16.2. The molecule has 1 saturated carbocycles. The van der Waals surface area contributed by atoms with Gasteiger partial charge in [0.1, 0.15) is 0 Å². The van der Waals surface area contributed by atoms with Gasteiger partial charge in [-0.1, -0.05) is 6.92 Å². The number of nitrogens with zero attached hydrogens (tertiary/aromatic N) is 1. The molecule has 2 atom stereocenters. The summed E-state index contributed by atoms with van der Waals surface area (Å²) in [6, 6.07) is 0. The summed E-state index contributed by atoms with van der Waals surface area (Å²) in [4.78, 5) is 24.8. The van der Waals surface area contributed by atoms with E-state index in [-0.39, 0.29) is 24.3 Å². The molecule has 1 aliphatic carbocycles. The lowest BCUT2D eigenvalue weighted by molar-refractivity contribution is -0.137. The number of rotatable bonds is 5. The SMILES string of the molecule is CCNC(=O)CN(CC)C(=O)C1CC1C. The molecule has 0 heterocycles. The molecule has 4 heteroatoms. The van der Waals surface area contributed by atoms with Crippen LogP contribution in [0.4, 0.5) is 0 Å². The molecular formula is C11H20N2O2. The van der Waals surface area contributed by atoms with Gasteiger partial charge in [-0.15, -0.1) is 0 Å². The molecule has 0 radical (unpaired) electrons. The molecule has 1 N–H and O–H groups in total. The number of carbonyl (C=O) groups is 2. The number of nitrogens with one attached hydrogen (secondary N) is 1. The first kappa shape index (κ1) is 12.0. The first-order chi connectivity index (χ1) is 7.10. The summed E-state index contributed by atoms with van der Waals surface area (Å²) in [5.74, 6) is 0.734. The topological polar surface area (TPSA) is 49.4 Å². The second-order valence-corrected chi connectivity index (χ2v) is 4.13. The second-order valence-electron chi connectivity index (χ2n) is 4.13. The van der Waals surface area contributed by atoms with E-state index in [2.05, 4.69) is 12.2 Å². The zero-order valence-electron chi connectivity index (χ0n) is 9.75. The Kier molecular flexibility index (Phi) is 4.12. The Bertz CT molecular complexity index is 253. The van der Waals surface area contributed by atoms with Gasteiger partial charge in [-0.3, -0.25) is 9.59 Å². The van der Waals surface area contributed by atoms with Crippen molar-refractivity contribution in [1.29, 1.82) is 0 Å². The molecule has 0 spiro atoms. The molecule has 2 unspecified atom stereocenters. The molecule has 2 amide bonds. The van der Waals surface area contributed by atoms with Crippen molar-refractivity contribution in [3.8, 4) is 0 Å². The lowest BCUT2D eigenvalue weighted by Gasteiger charge is -2.20. The average molecular weight is 212 g/mol. The molecule has 1 fully saturated rings. The Labute approximate surface area is 91.0 Å². The summed E-state index contributed by atoms with van der Waals surface area (Å²) in [7, 11) is 0. The number of likely N-dealkylation sites (N-methyl/N-ethyl adjacent to an activating group) is 2. The van der Waals surface area contributed by atoms with Gasteiger partial charge in [-0.05, 0) is 26.2 Å². The van der Waals surface area contributed by atoms with Crippen molar-refractivity contribution < 1.29 is 9.59 Å². The van der Waals surface area contributed by atoms with Crippen LogP contribution < -0.4 is 5.32 Å². The van der Waals surface area contributed by atoms with Crippen LogP contribution in [0, 0.1) is 11.8 Å². The zero-order valence-corrected chi connectivity index (χ0v) is 9.75. The van der Waals surface area contributed by atoms with Gasteiger partial charge in [0.25, 0.3) is 0 Å². The molecule has 0 saturated heterocycles. The van der Waals surface area contributed by atoms with Gasteiger partial charge in [0.05, 0.1) is 6.54 Å². The van der Waals surface area contributed by atoms with E-state index in [1.807, 2.05) is 13.8 Å². The molecule has 15 heavy (non-hydrogen) atoms. The van der Waals surface area contributed by atoms with Crippen molar-refractivity contribution in [2.75, 3.05) is 19.6 Å². The van der Waals surface area contributed by atoms with Gasteiger partial charge in [0, 0.05) is 19.0 Å². The minimum atomic E-state index is -0.0685. The van der Waals surface area contributed by atoms with Gasteiger partial charge in [0.15, 0.2) is 0 Å². The Balaban J connectivity index is 2.41. The Morgan fingerprint density at radius 2 is 2.00 bits per heavy atom. The standard InChI is InChI=1S/C11H20N2O2/c1-4-12-10(14)7-13(5-2)11(15)9-6-8(9)3/h8-9H,4-7H2,1-3H3,(H,12,14). The number of hydrogen-bond donors (Lipinski definition) is 1. The fourth-order valence-corrected chi connectivity index (χ4v) is 1.67. The lowest BCUT2D eigenvalue weighted by atomic mass is 10.3. The molecule has 1 rings (SSSR count). The van der Waals surface area contributed by atoms with E-state index in [1.165, 1.54) is 0 Å². The van der Waals surface area contributed by atoms with Gasteiger partial charge < -0.3 is 10.2 Å². The molecule has 1 aliphatic rings. The summed E-state index contributed by atoms with van der Waals surface area (Å²) < 4.78 is 0. The molecule has 0 aromatic carbocycles. The maximum Gasteiger partial charge on any atom is 0.239 e. The summed E-state index contributed by atoms with van der Waals surface area (Å²) >= 11 is 0. The molecule has 0 aliphatic heterocycles. The summed E-state index contributed by atoms with van der Waals surface area (Å²) in [5.41, 5.74) is 0. The van der Waals surface area contributed by atoms with Gasteiger partial charge in [-0.25, -0.2) is 0 Å². The van der Waals surface area contributed by atoms with Crippen molar-refractivity contribution in [3.63, 3.8) is 0 Å². The van der Waals surface area contributed by atoms with Crippen LogP contribution >= 0.6 is 0 Å². The number of carbonyl (C=O) groups excluding carboxylic acids is 2. The highest BCUT2D eigenvalue weighted by Gasteiger charge is 2.41. The summed E-state index contributed by atoms with van der Waals surface area (Å²) in [6.45, 7) is 7.28. The van der Waals surface area contributed by atoms with E-state index in [4.69, 9.17) is 0 Å². The average Bonchev–Trinajstić information content (AvgIpc) is 2.91. The van der Waals surface area contributed by atoms with Crippen LogP contribution in [-0.4, -0.2) is 36.3 Å². The van der Waals surface area contributed by atoms with E-state index in [0.29, 0.717) is 19.0 Å². The summed E-state index contributed by atoms with van der Waals surface area (Å²) in [5, 5.41) is 2.70. The van der Waals surface area contributed by atoms with E-state index in [0.717, 1.165) is 6.42 Å². The van der Waals surface area contributed by atoms with Gasteiger partial charge in [-0.2, -0.15) is 0 Å². The van der Waals surface area contributed by atoms with Gasteiger partial charge >= 0.3 is 0 Å². The molecular weight excluding hydrogens is 192 g/mol. The third-order valence-corrected chi connectivity index (χ3v) is 2.83. The predicted molar refractivity (Wildman–Crippen MR) is 58.2 cm³/mol. The molecule has 86 valence electrons. The van der Waals surface area contributed by atoms with Crippen molar-refractivity contribution in [2.24, 2.45) is 11.8 Å². The van der Waals surface area contributed by atoms with Gasteiger partial charge in [0.2, 0.25) is 11.8 Å². The third-order valence-electron chi connectivity index (χ3n) is 2.83. The van der Waals surface area contributed by atoms with Crippen molar-refractivity contribution in [3.05, 3.63) is 0 Å². The summed E-state index contributed by atoms with van der Waals surface area (Å²) in [6.07, 6.45) is 0.977. The highest BCUT2D eigenvalue weighted by molar-refractivity contribution is 5.87. The Hall–Kier alpha value is -1.06. The lowest BCUT2D eigenvalue weighted by Crippen LogP contribution is -2.41. The first-order valence-electron chi connectivity index (χ1n) is 5.65. The quantitative estimate of drug-likeness (QED) is 0.726. The largest absolute Gasteiger partial charge is 0.355 e. The molecule has 0 aromatic rings. The van der Waals surface area contributed by atoms with Crippen LogP contribution in [0.15, 0.2) is 0 Å². The fourth-order valence-electron chi connectivity index (χ4n) is 1.67. The predicted octanol–water partition coefficient (Wildman–Crippen LogP) is 0.627. The number of amides is 2. The molecule has 0 bridgehead atoms. The zero-order chi connectivity index (χ0) is 11.4. The fraction of sp³-hybridized carbons (Fsp3) is 0.818. The van der Waals surface area contributed by atoms with E-state index in [1.54, 1.807) is 4.90 Å². The van der Waals surface area contributed by atoms with E-state index >= 15 is 0 Å². The molecule has 0 aromatic heterocycles. The van der Waals surface area contributed by atoms with Crippen molar-refractivity contribution >= 4 is 11.8 Å². The minimum Gasteiger partial charge on any atom is -0.355 e. The third kappa shape index (κ3) is 3.22. The number of hydrogen-bond acceptors (Lipinski definition) is 2. The monoisotopic (exact) mass is 212 g/mol. The first-order valence-corrected chi connectivity index (χ1v) is 5.65. The van der Waals surface area contributed by atoms with Crippen LogP contribution in [0.3, 0.4) is 0 Å². The maximum atomic E-state index is 11.8. The smallest absolute Gasteiger partial charge is 0.239 e. The van der Waals surface area contributed by atoms with Crippen LogP contribution in [0.25, 0.3) is 0 Å².